The number of aliphatic carboxylic acids is 1. The Balaban J connectivity index is 2.10. The lowest BCUT2D eigenvalue weighted by atomic mass is 10.5. The summed E-state index contributed by atoms with van der Waals surface area (Å²) < 4.78 is 71.9. The van der Waals surface area contributed by atoms with Crippen LogP contribution in [0.2, 0.25) is 0 Å². The summed E-state index contributed by atoms with van der Waals surface area (Å²) in [6.07, 6.45) is -6.65. The molecule has 0 bridgehead atoms. The molecule has 2 rings (SSSR count). The van der Waals surface area contributed by atoms with Crippen LogP contribution in [0.4, 0.5) is 13.2 Å². The number of alkyl halides is 3. The van der Waals surface area contributed by atoms with E-state index in [9.17, 15) is 27.3 Å². The Kier molecular flexibility index (Phi) is 9.39. The van der Waals surface area contributed by atoms with E-state index < -0.39 is 38.5 Å². The van der Waals surface area contributed by atoms with Gasteiger partial charge in [0, 0.05) is 26.2 Å². The van der Waals surface area contributed by atoms with E-state index in [0.29, 0.717) is 52.6 Å². The molecule has 0 aromatic carbocycles. The molecule has 0 aliphatic carbocycles. The Morgan fingerprint density at radius 1 is 1.00 bits per heavy atom. The largest absolute Gasteiger partial charge is 0.480 e. The molecule has 0 aromatic heterocycles. The molecule has 0 saturated carbocycles. The number of morpholine rings is 2. The molecular formula is C13H23F3N5O8P. The quantitative estimate of drug-likeness (QED) is 0.273. The molecule has 30 heavy (non-hydrogen) atoms. The van der Waals surface area contributed by atoms with E-state index in [2.05, 4.69) is 11.2 Å². The summed E-state index contributed by atoms with van der Waals surface area (Å²) in [6, 6.07) is 0. The van der Waals surface area contributed by atoms with E-state index in [1.165, 1.54) is 10.0 Å². The van der Waals surface area contributed by atoms with E-state index in [4.69, 9.17) is 23.8 Å². The van der Waals surface area contributed by atoms with Crippen LogP contribution in [0.5, 0.6) is 0 Å². The van der Waals surface area contributed by atoms with Crippen LogP contribution in [-0.4, -0.2) is 104 Å². The number of hydrogen-bond donors (Lipinski definition) is 3. The van der Waals surface area contributed by atoms with Crippen LogP contribution >= 0.6 is 7.60 Å². The van der Waals surface area contributed by atoms with Gasteiger partial charge >= 0.3 is 25.6 Å². The van der Waals surface area contributed by atoms with Crippen molar-refractivity contribution >= 4 is 19.5 Å². The lowest BCUT2D eigenvalue weighted by molar-refractivity contribution is -0.186. The third kappa shape index (κ3) is 8.41. The van der Waals surface area contributed by atoms with Gasteiger partial charge in [-0.2, -0.15) is 13.2 Å². The molecule has 13 nitrogen and oxygen atoms in total. The topological polar surface area (TPSA) is 142 Å². The van der Waals surface area contributed by atoms with E-state index in [1.54, 1.807) is 0 Å². The number of ether oxygens (including phenoxy) is 2. The van der Waals surface area contributed by atoms with E-state index in [-0.39, 0.29) is 4.90 Å². The van der Waals surface area contributed by atoms with Gasteiger partial charge in [0.1, 0.15) is 12.8 Å². The maximum Gasteiger partial charge on any atom is 0.471 e. The maximum absolute atomic E-state index is 13.1. The van der Waals surface area contributed by atoms with Crippen molar-refractivity contribution in [1.29, 1.82) is 0 Å². The van der Waals surface area contributed by atoms with Gasteiger partial charge in [0.15, 0.2) is 0 Å². The third-order valence-electron chi connectivity index (χ3n) is 3.84. The van der Waals surface area contributed by atoms with Gasteiger partial charge in [0.2, 0.25) is 0 Å². The third-order valence-corrected chi connectivity index (χ3v) is 5.25. The molecule has 2 aliphatic rings. The van der Waals surface area contributed by atoms with Crippen molar-refractivity contribution in [3.63, 3.8) is 0 Å². The molecule has 1 amide bonds. The standard InChI is InChI=1S/C13H23F3N5O8P/c14-13(15,16)12(24)19(9-11(22)23)10-30(25,28-17-20-1-5-26-6-2-20)29-18-21-3-7-27-8-4-21/h17-18H,1-10H2,(H,22,23). The van der Waals surface area contributed by atoms with Crippen molar-refractivity contribution in [2.45, 2.75) is 6.18 Å². The number of carboxylic acid groups (broad SMARTS) is 1. The highest BCUT2D eigenvalue weighted by atomic mass is 31.2. The first-order valence-electron chi connectivity index (χ1n) is 8.80. The summed E-state index contributed by atoms with van der Waals surface area (Å²) in [5, 5.41) is 11.7. The smallest absolute Gasteiger partial charge is 0.471 e. The highest BCUT2D eigenvalue weighted by Gasteiger charge is 2.46. The van der Waals surface area contributed by atoms with Crippen molar-refractivity contribution in [2.24, 2.45) is 0 Å². The Bertz CT molecular complexity index is 604. The number of carbonyl (C=O) groups is 2. The predicted octanol–water partition coefficient (Wildman–Crippen LogP) is -0.851. The monoisotopic (exact) mass is 465 g/mol. The van der Waals surface area contributed by atoms with Crippen LogP contribution in [0.3, 0.4) is 0 Å². The van der Waals surface area contributed by atoms with E-state index in [1.807, 2.05) is 0 Å². The molecule has 3 N–H and O–H groups in total. The number of nitrogens with one attached hydrogen (secondary N) is 2. The van der Waals surface area contributed by atoms with E-state index >= 15 is 0 Å². The lowest BCUT2D eigenvalue weighted by Gasteiger charge is -2.32. The Labute approximate surface area is 169 Å². The molecule has 2 aliphatic heterocycles. The van der Waals surface area contributed by atoms with Gasteiger partial charge in [-0.1, -0.05) is 0 Å². The van der Waals surface area contributed by atoms with Crippen molar-refractivity contribution in [3.05, 3.63) is 0 Å². The molecule has 2 heterocycles. The van der Waals surface area contributed by atoms with Crippen LogP contribution < -0.4 is 11.2 Å². The molecule has 0 radical (unpaired) electrons. The summed E-state index contributed by atoms with van der Waals surface area (Å²) in [4.78, 5) is 22.4. The first-order chi connectivity index (χ1) is 14.1. The highest BCUT2D eigenvalue weighted by Crippen LogP contribution is 2.47. The van der Waals surface area contributed by atoms with Gasteiger partial charge < -0.3 is 19.5 Å². The number of carbonyl (C=O) groups excluding carboxylic acids is 1. The van der Waals surface area contributed by atoms with Gasteiger partial charge in [-0.15, -0.1) is 11.2 Å². The fraction of sp³-hybridized carbons (Fsp3) is 0.846. The second kappa shape index (κ2) is 11.3. The number of nitrogens with zero attached hydrogens (tertiary/aromatic N) is 3. The van der Waals surface area contributed by atoms with Crippen LogP contribution in [0, 0.1) is 0 Å². The molecule has 174 valence electrons. The van der Waals surface area contributed by atoms with Crippen molar-refractivity contribution in [2.75, 3.05) is 65.4 Å². The molecule has 0 unspecified atom stereocenters. The number of hydrazine groups is 2. The van der Waals surface area contributed by atoms with Crippen LogP contribution in [0.15, 0.2) is 0 Å². The van der Waals surface area contributed by atoms with Crippen LogP contribution in [0.1, 0.15) is 0 Å². The SMILES string of the molecule is O=C(O)CN(CP(=O)(ONN1CCOCC1)ONN1CCOCC1)C(=O)C(F)(F)F. The minimum absolute atomic E-state index is 0.162. The number of carboxylic acids is 1. The first kappa shape index (κ1) is 24.9. The van der Waals surface area contributed by atoms with E-state index in [0.717, 1.165) is 0 Å². The lowest BCUT2D eigenvalue weighted by Crippen LogP contribution is -2.49. The molecular weight excluding hydrogens is 442 g/mol. The minimum Gasteiger partial charge on any atom is -0.480 e. The van der Waals surface area contributed by atoms with Gasteiger partial charge in [0.05, 0.1) is 26.4 Å². The summed E-state index contributed by atoms with van der Waals surface area (Å²) >= 11 is 0. The predicted molar refractivity (Wildman–Crippen MR) is 91.1 cm³/mol. The van der Waals surface area contributed by atoms with Gasteiger partial charge in [-0.05, 0) is 0 Å². The second-order valence-corrected chi connectivity index (χ2v) is 8.08. The van der Waals surface area contributed by atoms with Crippen molar-refractivity contribution in [3.8, 4) is 0 Å². The van der Waals surface area contributed by atoms with Crippen LogP contribution in [-0.2, 0) is 32.9 Å². The van der Waals surface area contributed by atoms with Gasteiger partial charge in [-0.3, -0.25) is 14.2 Å². The summed E-state index contributed by atoms with van der Waals surface area (Å²) in [7, 11) is -4.53. The molecule has 0 atom stereocenters. The van der Waals surface area contributed by atoms with Gasteiger partial charge in [-0.25, -0.2) is 19.3 Å². The van der Waals surface area contributed by atoms with Crippen molar-refractivity contribution < 1.29 is 51.2 Å². The molecule has 2 saturated heterocycles. The fourth-order valence-electron chi connectivity index (χ4n) is 2.36. The van der Waals surface area contributed by atoms with Crippen molar-refractivity contribution in [1.82, 2.24) is 26.1 Å². The number of rotatable bonds is 10. The molecule has 2 fully saturated rings. The normalized spacial score (nSPS) is 19.6. The Hall–Kier alpha value is -1.36. The Morgan fingerprint density at radius 3 is 1.80 bits per heavy atom. The molecule has 17 heteroatoms. The zero-order valence-electron chi connectivity index (χ0n) is 15.8. The maximum atomic E-state index is 13.1. The minimum atomic E-state index is -5.38. The summed E-state index contributed by atoms with van der Waals surface area (Å²) in [5.74, 6) is -4.23. The number of hydrogen-bond acceptors (Lipinski definition) is 11. The summed E-state index contributed by atoms with van der Waals surface area (Å²) in [5.41, 5.74) is 4.60. The zero-order valence-corrected chi connectivity index (χ0v) is 16.7. The van der Waals surface area contributed by atoms with Gasteiger partial charge in [0.25, 0.3) is 0 Å². The number of halogens is 3. The average Bonchev–Trinajstić information content (AvgIpc) is 2.70. The van der Waals surface area contributed by atoms with Crippen LogP contribution in [0.25, 0.3) is 0 Å². The zero-order chi connectivity index (χ0) is 22.2. The molecule has 0 spiro atoms. The fourth-order valence-corrected chi connectivity index (χ4v) is 3.64. The number of amides is 1. The summed E-state index contributed by atoms with van der Waals surface area (Å²) in [6.45, 7) is 1.21. The average molecular weight is 465 g/mol. The molecule has 0 aromatic rings. The first-order valence-corrected chi connectivity index (χ1v) is 10.5. The Morgan fingerprint density at radius 2 is 1.43 bits per heavy atom. The second-order valence-electron chi connectivity index (χ2n) is 6.21. The highest BCUT2D eigenvalue weighted by molar-refractivity contribution is 7.53.